The zero-order chi connectivity index (χ0) is 28.6. The fraction of sp³-hybridized carbons (Fsp3) is 0.333. The molecule has 0 saturated carbocycles. The van der Waals surface area contributed by atoms with Crippen molar-refractivity contribution < 1.29 is 33.7 Å². The quantitative estimate of drug-likeness (QED) is 0.269. The minimum absolute atomic E-state index is 0.00502. The highest BCUT2D eigenvalue weighted by molar-refractivity contribution is 8.45. The predicted octanol–water partition coefficient (Wildman–Crippen LogP) is 9.16. The van der Waals surface area contributed by atoms with Gasteiger partial charge in [0.25, 0.3) is 0 Å². The predicted molar refractivity (Wildman–Crippen MR) is 147 cm³/mol. The third-order valence-corrected chi connectivity index (χ3v) is 8.63. The molecule has 1 fully saturated rings. The number of ether oxygens (including phenoxy) is 1. The number of alkyl halides is 1. The van der Waals surface area contributed by atoms with Gasteiger partial charge in [0.15, 0.2) is 0 Å². The number of phenols is 1. The van der Waals surface area contributed by atoms with Crippen LogP contribution < -0.4 is 4.74 Å². The maximum absolute atomic E-state index is 13.4. The largest absolute Gasteiger partial charge is 0.508 e. The molecular formula is C30H31F6NO2S. The van der Waals surface area contributed by atoms with Gasteiger partial charge in [0, 0.05) is 19.6 Å². The second kappa shape index (κ2) is 10.1. The van der Waals surface area contributed by atoms with Crippen LogP contribution in [0.2, 0.25) is 0 Å². The first kappa shape index (κ1) is 28.4. The van der Waals surface area contributed by atoms with E-state index in [1.54, 1.807) is 18.2 Å². The number of aromatic hydroxyl groups is 1. The number of allylic oxidation sites excluding steroid dienone is 1. The van der Waals surface area contributed by atoms with Crippen LogP contribution in [0.1, 0.15) is 47.9 Å². The number of rotatable bonds is 8. The molecule has 1 aliphatic carbocycles. The lowest BCUT2D eigenvalue weighted by Crippen LogP contribution is -2.26. The molecule has 1 saturated heterocycles. The fourth-order valence-corrected chi connectivity index (χ4v) is 6.23. The third-order valence-electron chi connectivity index (χ3n) is 7.46. The first-order valence-corrected chi connectivity index (χ1v) is 15.2. The van der Waals surface area contributed by atoms with Crippen LogP contribution in [0.25, 0.3) is 11.1 Å². The molecule has 0 aromatic heterocycles. The Bertz CT molecular complexity index is 1410. The van der Waals surface area contributed by atoms with Crippen LogP contribution in [0.3, 0.4) is 0 Å². The molecule has 5 rings (SSSR count). The molecule has 1 N–H and O–H groups in total. The van der Waals surface area contributed by atoms with Crippen molar-refractivity contribution >= 4 is 21.4 Å². The Morgan fingerprint density at radius 1 is 0.875 bits per heavy atom. The summed E-state index contributed by atoms with van der Waals surface area (Å²) in [5.41, 5.74) is 4.47. The molecule has 3 nitrogen and oxygen atoms in total. The van der Waals surface area contributed by atoms with Crippen molar-refractivity contribution in [1.29, 1.82) is 0 Å². The van der Waals surface area contributed by atoms with Gasteiger partial charge in [-0.3, -0.25) is 9.29 Å². The lowest BCUT2D eigenvalue weighted by Gasteiger charge is -2.40. The lowest BCUT2D eigenvalue weighted by molar-refractivity contribution is 0.198. The highest BCUT2D eigenvalue weighted by Crippen LogP contribution is 3.02. The van der Waals surface area contributed by atoms with Gasteiger partial charge in [-0.1, -0.05) is 49.8 Å². The van der Waals surface area contributed by atoms with E-state index in [1.165, 1.54) is 0 Å². The van der Waals surface area contributed by atoms with Crippen molar-refractivity contribution in [3.63, 3.8) is 0 Å². The molecule has 1 aliphatic heterocycles. The van der Waals surface area contributed by atoms with Crippen molar-refractivity contribution in [2.24, 2.45) is 0 Å². The number of aryl methyl sites for hydroxylation is 1. The number of nitrogens with zero attached hydrogens (tertiary/aromatic N) is 1. The van der Waals surface area contributed by atoms with Crippen LogP contribution in [0.5, 0.6) is 11.5 Å². The summed E-state index contributed by atoms with van der Waals surface area (Å²) >= 11 is 0. The summed E-state index contributed by atoms with van der Waals surface area (Å²) in [5.74, 6) is 0.783. The molecule has 0 amide bonds. The van der Waals surface area contributed by atoms with Crippen LogP contribution in [-0.4, -0.2) is 42.4 Å². The minimum Gasteiger partial charge on any atom is -0.508 e. The van der Waals surface area contributed by atoms with Gasteiger partial charge < -0.3 is 9.84 Å². The number of hydrogen-bond donors (Lipinski definition) is 1. The Labute approximate surface area is 229 Å². The number of benzene rings is 3. The Balaban J connectivity index is 1.50. The monoisotopic (exact) mass is 583 g/mol. The molecule has 2 aliphatic rings. The number of phenolic OH excluding ortho intramolecular Hbond substituents is 1. The SMILES string of the molecule is Oc1ccc2c(c1)CCCC(c1ccc(S(F)(F)(F)(F)F)cc1)=C2c1ccc(O[C@H]2CCN(CCCF)C2)cc1. The first-order chi connectivity index (χ1) is 18.8. The summed E-state index contributed by atoms with van der Waals surface area (Å²) in [6.07, 6.45) is 3.16. The highest BCUT2D eigenvalue weighted by Gasteiger charge is 2.65. The standard InChI is InChI=1S/C30H31F6NO2S/c31-16-2-17-37-18-15-26(20-37)39-25-10-5-22(6-11-25)30-28(4-1-3-23-19-24(38)9-14-29(23)30)21-7-12-27(13-8-21)40(32,33,34,35)36/h5-14,19,26,38H,1-4,15-18,20H2/t26-/m0/s1. The van der Waals surface area contributed by atoms with Crippen molar-refractivity contribution in [2.75, 3.05) is 26.3 Å². The Kier molecular flexibility index (Phi) is 7.15. The maximum atomic E-state index is 13.4. The molecule has 216 valence electrons. The topological polar surface area (TPSA) is 32.7 Å². The van der Waals surface area contributed by atoms with E-state index in [9.17, 15) is 28.9 Å². The van der Waals surface area contributed by atoms with Gasteiger partial charge in [-0.2, -0.15) is 0 Å². The molecule has 0 bridgehead atoms. The summed E-state index contributed by atoms with van der Waals surface area (Å²) < 4.78 is 85.4. The zero-order valence-electron chi connectivity index (χ0n) is 21.8. The van der Waals surface area contributed by atoms with E-state index in [0.717, 1.165) is 59.5 Å². The number of likely N-dealkylation sites (tertiary alicyclic amines) is 1. The zero-order valence-corrected chi connectivity index (χ0v) is 22.6. The third kappa shape index (κ3) is 6.44. The van der Waals surface area contributed by atoms with Gasteiger partial charge in [-0.05, 0) is 102 Å². The molecular weight excluding hydrogens is 552 g/mol. The van der Waals surface area contributed by atoms with Gasteiger partial charge in [0.05, 0.1) is 6.67 Å². The Morgan fingerprint density at radius 2 is 1.57 bits per heavy atom. The Hall–Kier alpha value is -3.11. The second-order valence-electron chi connectivity index (χ2n) is 10.4. The molecule has 40 heavy (non-hydrogen) atoms. The van der Waals surface area contributed by atoms with Crippen LogP contribution in [0.15, 0.2) is 71.6 Å². The highest BCUT2D eigenvalue weighted by atomic mass is 32.5. The van der Waals surface area contributed by atoms with E-state index in [4.69, 9.17) is 4.74 Å². The molecule has 3 aromatic carbocycles. The molecule has 0 radical (unpaired) electrons. The summed E-state index contributed by atoms with van der Waals surface area (Å²) in [7, 11) is -9.79. The number of hydrogen-bond acceptors (Lipinski definition) is 3. The fourth-order valence-electron chi connectivity index (χ4n) is 5.58. The summed E-state index contributed by atoms with van der Waals surface area (Å²) in [5, 5.41) is 10.1. The van der Waals surface area contributed by atoms with E-state index >= 15 is 0 Å². The average molecular weight is 584 g/mol. The molecule has 1 heterocycles. The van der Waals surface area contributed by atoms with Gasteiger partial charge in [-0.15, -0.1) is 0 Å². The molecule has 1 atom stereocenters. The second-order valence-corrected chi connectivity index (χ2v) is 12.8. The molecule has 10 heteroatoms. The van der Waals surface area contributed by atoms with Crippen LogP contribution in [0.4, 0.5) is 23.8 Å². The van der Waals surface area contributed by atoms with Crippen LogP contribution in [-0.2, 0) is 6.42 Å². The average Bonchev–Trinajstić information content (AvgIpc) is 3.25. The number of fused-ring (bicyclic) bond motifs is 1. The minimum atomic E-state index is -9.79. The van der Waals surface area contributed by atoms with E-state index < -0.39 is 15.1 Å². The van der Waals surface area contributed by atoms with Crippen LogP contribution >= 0.6 is 10.2 Å². The molecule has 0 spiro atoms. The van der Waals surface area contributed by atoms with E-state index in [-0.39, 0.29) is 18.5 Å². The lowest BCUT2D eigenvalue weighted by atomic mass is 9.88. The van der Waals surface area contributed by atoms with E-state index in [1.807, 2.05) is 24.3 Å². The molecule has 3 aromatic rings. The van der Waals surface area contributed by atoms with Gasteiger partial charge >= 0.3 is 10.2 Å². The first-order valence-electron chi connectivity index (χ1n) is 13.3. The van der Waals surface area contributed by atoms with Crippen molar-refractivity contribution in [3.8, 4) is 11.5 Å². The van der Waals surface area contributed by atoms with Gasteiger partial charge in [-0.25, -0.2) is 0 Å². The normalized spacial score (nSPS) is 20.0. The van der Waals surface area contributed by atoms with Crippen molar-refractivity contribution in [1.82, 2.24) is 4.90 Å². The number of halogens is 6. The van der Waals surface area contributed by atoms with Crippen molar-refractivity contribution in [3.05, 3.63) is 89.0 Å². The van der Waals surface area contributed by atoms with Gasteiger partial charge in [0.1, 0.15) is 22.5 Å². The summed E-state index contributed by atoms with van der Waals surface area (Å²) in [6.45, 7) is 1.93. The van der Waals surface area contributed by atoms with Crippen LogP contribution in [0, 0.1) is 0 Å². The summed E-state index contributed by atoms with van der Waals surface area (Å²) in [6, 6.07) is 15.6. The van der Waals surface area contributed by atoms with Crippen molar-refractivity contribution in [2.45, 2.75) is 43.1 Å². The smallest absolute Gasteiger partial charge is 0.310 e. The van der Waals surface area contributed by atoms with E-state index in [2.05, 4.69) is 4.90 Å². The Morgan fingerprint density at radius 3 is 2.25 bits per heavy atom. The maximum Gasteiger partial charge on any atom is 0.310 e. The van der Waals surface area contributed by atoms with Gasteiger partial charge in [0.2, 0.25) is 0 Å². The summed E-state index contributed by atoms with van der Waals surface area (Å²) in [4.78, 5) is 0.261. The van der Waals surface area contributed by atoms with E-state index in [0.29, 0.717) is 55.7 Å². The molecule has 0 unspecified atom stereocenters.